The lowest BCUT2D eigenvalue weighted by atomic mass is 10.1. The van der Waals surface area contributed by atoms with Gasteiger partial charge in [0.25, 0.3) is 0 Å². The molecule has 1 heterocycles. The summed E-state index contributed by atoms with van der Waals surface area (Å²) in [6, 6.07) is 0. The van der Waals surface area contributed by atoms with E-state index in [0.29, 0.717) is 31.0 Å². The second-order valence-corrected chi connectivity index (χ2v) is 5.64. The van der Waals surface area contributed by atoms with Crippen LogP contribution in [0.15, 0.2) is 4.52 Å². The molecule has 0 bridgehead atoms. The summed E-state index contributed by atoms with van der Waals surface area (Å²) in [7, 11) is 0. The number of aliphatic hydroxyl groups excluding tert-OH is 1. The van der Waals surface area contributed by atoms with Crippen LogP contribution in [0.25, 0.3) is 0 Å². The van der Waals surface area contributed by atoms with E-state index in [0.717, 1.165) is 0 Å². The highest BCUT2D eigenvalue weighted by Crippen LogP contribution is 2.11. The number of rotatable bonds is 7. The summed E-state index contributed by atoms with van der Waals surface area (Å²) in [5, 5.41) is 15.7. The molecule has 0 spiro atoms. The fraction of sp³-hybridized carbons (Fsp3) is 0.769. The van der Waals surface area contributed by atoms with Crippen LogP contribution in [0.4, 0.5) is 0 Å². The van der Waals surface area contributed by atoms with Crippen LogP contribution in [0.5, 0.6) is 0 Å². The molecule has 0 aliphatic heterocycles. The second-order valence-electron chi connectivity index (χ2n) is 5.64. The van der Waals surface area contributed by atoms with E-state index >= 15 is 0 Å². The highest BCUT2D eigenvalue weighted by Gasteiger charge is 2.18. The van der Waals surface area contributed by atoms with E-state index in [2.05, 4.69) is 15.5 Å². The Morgan fingerprint density at radius 1 is 1.47 bits per heavy atom. The smallest absolute Gasteiger partial charge is 0.226 e. The van der Waals surface area contributed by atoms with Gasteiger partial charge in [-0.2, -0.15) is 4.98 Å². The first-order chi connectivity index (χ1) is 8.84. The van der Waals surface area contributed by atoms with Crippen molar-refractivity contribution in [3.63, 3.8) is 0 Å². The summed E-state index contributed by atoms with van der Waals surface area (Å²) in [5.41, 5.74) is -0.577. The largest absolute Gasteiger partial charge is 0.394 e. The summed E-state index contributed by atoms with van der Waals surface area (Å²) in [5.74, 6) is 1.42. The Labute approximate surface area is 113 Å². The number of hydrogen-bond acceptors (Lipinski definition) is 5. The maximum absolute atomic E-state index is 11.6. The van der Waals surface area contributed by atoms with Gasteiger partial charge in [-0.1, -0.05) is 19.0 Å². The van der Waals surface area contributed by atoms with Crippen molar-refractivity contribution in [1.82, 2.24) is 15.5 Å². The molecule has 1 rings (SSSR count). The third-order valence-electron chi connectivity index (χ3n) is 2.67. The molecular formula is C13H23N3O3. The molecule has 6 nitrogen and oxygen atoms in total. The van der Waals surface area contributed by atoms with Crippen LogP contribution in [-0.2, 0) is 11.2 Å². The standard InChI is InChI=1S/C13H23N3O3/c1-9(2)12-14-11(19-16-12)7-5-6-10(18)15-13(3,4)8-17/h9,17H,5-8H2,1-4H3,(H,15,18). The zero-order chi connectivity index (χ0) is 14.5. The van der Waals surface area contributed by atoms with Crippen molar-refractivity contribution in [2.75, 3.05) is 6.61 Å². The topological polar surface area (TPSA) is 88.2 Å². The SMILES string of the molecule is CC(C)c1noc(CCCC(=O)NC(C)(C)CO)n1. The lowest BCUT2D eigenvalue weighted by Gasteiger charge is -2.23. The van der Waals surface area contributed by atoms with Gasteiger partial charge < -0.3 is 14.9 Å². The fourth-order valence-electron chi connectivity index (χ4n) is 1.48. The average Bonchev–Trinajstić information content (AvgIpc) is 2.77. The lowest BCUT2D eigenvalue weighted by molar-refractivity contribution is -0.123. The monoisotopic (exact) mass is 269 g/mol. The number of aliphatic hydroxyl groups is 1. The molecule has 0 aliphatic rings. The van der Waals surface area contributed by atoms with E-state index in [1.807, 2.05) is 13.8 Å². The van der Waals surface area contributed by atoms with Crippen LogP contribution >= 0.6 is 0 Å². The molecule has 0 aromatic carbocycles. The van der Waals surface area contributed by atoms with Crippen molar-refractivity contribution in [3.8, 4) is 0 Å². The van der Waals surface area contributed by atoms with E-state index in [1.165, 1.54) is 0 Å². The van der Waals surface area contributed by atoms with Gasteiger partial charge in [-0.15, -0.1) is 0 Å². The number of amides is 1. The van der Waals surface area contributed by atoms with Crippen LogP contribution in [0, 0.1) is 0 Å². The first-order valence-electron chi connectivity index (χ1n) is 6.58. The first kappa shape index (κ1) is 15.6. The molecule has 0 atom stereocenters. The van der Waals surface area contributed by atoms with Crippen molar-refractivity contribution in [2.24, 2.45) is 0 Å². The van der Waals surface area contributed by atoms with Gasteiger partial charge in [0.05, 0.1) is 12.1 Å². The van der Waals surface area contributed by atoms with Crippen LogP contribution in [0.3, 0.4) is 0 Å². The molecule has 0 unspecified atom stereocenters. The third-order valence-corrected chi connectivity index (χ3v) is 2.67. The first-order valence-corrected chi connectivity index (χ1v) is 6.58. The Hall–Kier alpha value is -1.43. The zero-order valence-electron chi connectivity index (χ0n) is 12.1. The molecular weight excluding hydrogens is 246 g/mol. The van der Waals surface area contributed by atoms with E-state index in [1.54, 1.807) is 13.8 Å². The molecule has 1 aromatic rings. The predicted molar refractivity (Wildman–Crippen MR) is 70.6 cm³/mol. The van der Waals surface area contributed by atoms with Gasteiger partial charge in [0, 0.05) is 18.8 Å². The minimum Gasteiger partial charge on any atom is -0.394 e. The summed E-state index contributed by atoms with van der Waals surface area (Å²) in [6.07, 6.45) is 1.61. The minimum absolute atomic E-state index is 0.0809. The molecule has 6 heteroatoms. The normalized spacial score (nSPS) is 11.9. The molecule has 1 aromatic heterocycles. The summed E-state index contributed by atoms with van der Waals surface area (Å²) < 4.78 is 5.10. The lowest BCUT2D eigenvalue weighted by Crippen LogP contribution is -2.46. The van der Waals surface area contributed by atoms with Gasteiger partial charge in [0.15, 0.2) is 5.82 Å². The number of aromatic nitrogens is 2. The van der Waals surface area contributed by atoms with Crippen LogP contribution < -0.4 is 5.32 Å². The minimum atomic E-state index is -0.577. The van der Waals surface area contributed by atoms with Crippen LogP contribution in [0.2, 0.25) is 0 Å². The highest BCUT2D eigenvalue weighted by molar-refractivity contribution is 5.76. The molecule has 0 radical (unpaired) electrons. The van der Waals surface area contributed by atoms with Crippen molar-refractivity contribution >= 4 is 5.91 Å². The Kier molecular flexibility index (Phi) is 5.47. The van der Waals surface area contributed by atoms with E-state index in [9.17, 15) is 4.79 Å². The number of carbonyl (C=O) groups is 1. The fourth-order valence-corrected chi connectivity index (χ4v) is 1.48. The highest BCUT2D eigenvalue weighted by atomic mass is 16.5. The maximum atomic E-state index is 11.6. The van der Waals surface area contributed by atoms with Crippen molar-refractivity contribution < 1.29 is 14.4 Å². The van der Waals surface area contributed by atoms with Gasteiger partial charge in [0.2, 0.25) is 11.8 Å². The number of nitrogens with zero attached hydrogens (tertiary/aromatic N) is 2. The summed E-state index contributed by atoms with van der Waals surface area (Å²) >= 11 is 0. The zero-order valence-corrected chi connectivity index (χ0v) is 12.1. The molecule has 19 heavy (non-hydrogen) atoms. The van der Waals surface area contributed by atoms with E-state index in [4.69, 9.17) is 9.63 Å². The molecule has 108 valence electrons. The average molecular weight is 269 g/mol. The van der Waals surface area contributed by atoms with E-state index in [-0.39, 0.29) is 18.4 Å². The van der Waals surface area contributed by atoms with Gasteiger partial charge in [-0.3, -0.25) is 4.79 Å². The third kappa shape index (κ3) is 5.38. The quantitative estimate of drug-likeness (QED) is 0.781. The Morgan fingerprint density at radius 3 is 2.68 bits per heavy atom. The van der Waals surface area contributed by atoms with Crippen molar-refractivity contribution in [2.45, 2.75) is 58.4 Å². The van der Waals surface area contributed by atoms with Crippen LogP contribution in [0.1, 0.15) is 58.2 Å². The Balaban J connectivity index is 2.31. The Bertz CT molecular complexity index is 413. The van der Waals surface area contributed by atoms with Gasteiger partial charge in [0.1, 0.15) is 0 Å². The van der Waals surface area contributed by atoms with Crippen molar-refractivity contribution in [1.29, 1.82) is 0 Å². The molecule has 1 amide bonds. The van der Waals surface area contributed by atoms with Gasteiger partial charge >= 0.3 is 0 Å². The maximum Gasteiger partial charge on any atom is 0.226 e. The predicted octanol–water partition coefficient (Wildman–Crippen LogP) is 1.40. The number of hydrogen-bond donors (Lipinski definition) is 2. The Morgan fingerprint density at radius 2 is 2.16 bits per heavy atom. The molecule has 0 saturated heterocycles. The second kappa shape index (κ2) is 6.65. The molecule has 0 saturated carbocycles. The summed E-state index contributed by atoms with van der Waals surface area (Å²) in [4.78, 5) is 15.9. The number of carbonyl (C=O) groups excluding carboxylic acids is 1. The van der Waals surface area contributed by atoms with E-state index < -0.39 is 5.54 Å². The number of aryl methyl sites for hydroxylation is 1. The molecule has 0 aliphatic carbocycles. The van der Waals surface area contributed by atoms with Gasteiger partial charge in [-0.05, 0) is 20.3 Å². The molecule has 0 fully saturated rings. The number of nitrogens with one attached hydrogen (secondary N) is 1. The molecule has 2 N–H and O–H groups in total. The van der Waals surface area contributed by atoms with Crippen molar-refractivity contribution in [3.05, 3.63) is 11.7 Å². The van der Waals surface area contributed by atoms with Crippen LogP contribution in [-0.4, -0.2) is 33.3 Å². The van der Waals surface area contributed by atoms with Gasteiger partial charge in [-0.25, -0.2) is 0 Å². The summed E-state index contributed by atoms with van der Waals surface area (Å²) in [6.45, 7) is 7.47.